The average Bonchev–Trinajstić information content (AvgIpc) is 2.35. The van der Waals surface area contributed by atoms with Crippen LogP contribution in [0.2, 0.25) is 0 Å². The van der Waals surface area contributed by atoms with E-state index < -0.39 is 18.6 Å². The van der Waals surface area contributed by atoms with Gasteiger partial charge in [-0.2, -0.15) is 13.2 Å². The van der Waals surface area contributed by atoms with Gasteiger partial charge in [-0.05, 0) is 18.8 Å². The van der Waals surface area contributed by atoms with Crippen LogP contribution in [0.15, 0.2) is 0 Å². The molecule has 1 unspecified atom stereocenters. The molecule has 1 rings (SSSR count). The van der Waals surface area contributed by atoms with Gasteiger partial charge in [0.25, 0.3) is 0 Å². The van der Waals surface area contributed by atoms with Gasteiger partial charge in [0.1, 0.15) is 0 Å². The molecule has 0 saturated heterocycles. The molecular formula is C6H10F3N. The molecular weight excluding hydrogens is 143 g/mol. The van der Waals surface area contributed by atoms with E-state index in [1.807, 2.05) is 0 Å². The summed E-state index contributed by atoms with van der Waals surface area (Å²) in [7, 11) is 0. The van der Waals surface area contributed by atoms with Crippen LogP contribution in [0.3, 0.4) is 0 Å². The van der Waals surface area contributed by atoms with Crippen molar-refractivity contribution in [2.75, 3.05) is 0 Å². The normalized spacial score (nSPS) is 22.8. The fourth-order valence-corrected chi connectivity index (χ4v) is 0.958. The minimum absolute atomic E-state index is 0.140. The molecule has 0 radical (unpaired) electrons. The summed E-state index contributed by atoms with van der Waals surface area (Å²) in [6, 6.07) is -0.653. The standard InChI is InChI=1S/C6H10F3N/c7-6(8,9)3-5(10)4-1-2-4/h4-5H,1-3,10H2. The molecule has 60 valence electrons. The van der Waals surface area contributed by atoms with Crippen molar-refractivity contribution in [3.05, 3.63) is 0 Å². The summed E-state index contributed by atoms with van der Waals surface area (Å²) >= 11 is 0. The van der Waals surface area contributed by atoms with Crippen molar-refractivity contribution in [1.82, 2.24) is 0 Å². The Morgan fingerprint density at radius 3 is 2.20 bits per heavy atom. The lowest BCUT2D eigenvalue weighted by Gasteiger charge is -2.12. The molecule has 1 aliphatic carbocycles. The third kappa shape index (κ3) is 2.56. The van der Waals surface area contributed by atoms with E-state index in [4.69, 9.17) is 5.73 Å². The Bertz CT molecular complexity index is 117. The predicted octanol–water partition coefficient (Wildman–Crippen LogP) is 1.68. The van der Waals surface area contributed by atoms with Gasteiger partial charge in [-0.1, -0.05) is 0 Å². The summed E-state index contributed by atoms with van der Waals surface area (Å²) in [6.07, 6.45) is -3.16. The van der Waals surface area contributed by atoms with Gasteiger partial charge in [-0.3, -0.25) is 0 Å². The Morgan fingerprint density at radius 1 is 1.40 bits per heavy atom. The molecule has 1 atom stereocenters. The molecule has 1 aliphatic rings. The Kier molecular flexibility index (Phi) is 1.90. The van der Waals surface area contributed by atoms with Crippen molar-refractivity contribution in [1.29, 1.82) is 0 Å². The number of alkyl halides is 3. The van der Waals surface area contributed by atoms with Crippen molar-refractivity contribution in [3.8, 4) is 0 Å². The second-order valence-corrected chi connectivity index (χ2v) is 2.82. The molecule has 1 fully saturated rings. The summed E-state index contributed by atoms with van der Waals surface area (Å²) in [4.78, 5) is 0. The largest absolute Gasteiger partial charge is 0.390 e. The summed E-state index contributed by atoms with van der Waals surface area (Å²) in [6.45, 7) is 0. The zero-order valence-corrected chi connectivity index (χ0v) is 5.49. The molecule has 0 spiro atoms. The average molecular weight is 153 g/mol. The first-order valence-electron chi connectivity index (χ1n) is 3.31. The Morgan fingerprint density at radius 2 is 1.90 bits per heavy atom. The minimum atomic E-state index is -4.08. The molecule has 0 amide bonds. The van der Waals surface area contributed by atoms with Gasteiger partial charge in [0.15, 0.2) is 0 Å². The van der Waals surface area contributed by atoms with Crippen molar-refractivity contribution in [2.24, 2.45) is 11.7 Å². The van der Waals surface area contributed by atoms with Crippen molar-refractivity contribution in [3.63, 3.8) is 0 Å². The van der Waals surface area contributed by atoms with Crippen LogP contribution >= 0.6 is 0 Å². The topological polar surface area (TPSA) is 26.0 Å². The first-order chi connectivity index (χ1) is 4.49. The van der Waals surface area contributed by atoms with Gasteiger partial charge in [-0.15, -0.1) is 0 Å². The van der Waals surface area contributed by atoms with Gasteiger partial charge in [0.2, 0.25) is 0 Å². The third-order valence-corrected chi connectivity index (χ3v) is 1.69. The predicted molar refractivity (Wildman–Crippen MR) is 31.4 cm³/mol. The second kappa shape index (κ2) is 2.42. The van der Waals surface area contributed by atoms with Gasteiger partial charge in [-0.25, -0.2) is 0 Å². The Balaban J connectivity index is 2.23. The molecule has 4 heteroatoms. The number of hydrogen-bond acceptors (Lipinski definition) is 1. The van der Waals surface area contributed by atoms with Crippen LogP contribution in [0.1, 0.15) is 19.3 Å². The lowest BCUT2D eigenvalue weighted by molar-refractivity contribution is -0.139. The maximum absolute atomic E-state index is 11.6. The molecule has 0 aliphatic heterocycles. The van der Waals surface area contributed by atoms with Crippen molar-refractivity contribution >= 4 is 0 Å². The summed E-state index contributed by atoms with van der Waals surface area (Å²) in [5, 5.41) is 0. The summed E-state index contributed by atoms with van der Waals surface area (Å²) in [5.74, 6) is 0.140. The van der Waals surface area contributed by atoms with Crippen LogP contribution in [-0.2, 0) is 0 Å². The number of hydrogen-bond donors (Lipinski definition) is 1. The van der Waals surface area contributed by atoms with Gasteiger partial charge < -0.3 is 5.73 Å². The van der Waals surface area contributed by atoms with E-state index in [2.05, 4.69) is 0 Å². The van der Waals surface area contributed by atoms with Crippen LogP contribution in [0.5, 0.6) is 0 Å². The molecule has 0 aromatic rings. The third-order valence-electron chi connectivity index (χ3n) is 1.69. The van der Waals surface area contributed by atoms with E-state index in [0.717, 1.165) is 12.8 Å². The summed E-state index contributed by atoms with van der Waals surface area (Å²) < 4.78 is 34.8. The van der Waals surface area contributed by atoms with Gasteiger partial charge in [0, 0.05) is 6.04 Å². The molecule has 0 heterocycles. The van der Waals surface area contributed by atoms with E-state index in [0.29, 0.717) is 0 Å². The highest BCUT2D eigenvalue weighted by Gasteiger charge is 2.37. The first kappa shape index (κ1) is 7.85. The van der Waals surface area contributed by atoms with E-state index in [1.165, 1.54) is 0 Å². The Labute approximate surface area is 57.4 Å². The van der Waals surface area contributed by atoms with E-state index in [1.54, 1.807) is 0 Å². The smallest absolute Gasteiger partial charge is 0.327 e. The zero-order valence-electron chi connectivity index (χ0n) is 5.49. The molecule has 0 aromatic carbocycles. The fourth-order valence-electron chi connectivity index (χ4n) is 0.958. The van der Waals surface area contributed by atoms with Gasteiger partial charge in [0.05, 0.1) is 6.42 Å². The van der Waals surface area contributed by atoms with E-state index in [9.17, 15) is 13.2 Å². The fraction of sp³-hybridized carbons (Fsp3) is 1.00. The van der Waals surface area contributed by atoms with Crippen LogP contribution in [0, 0.1) is 5.92 Å². The SMILES string of the molecule is NC(CC(F)(F)F)C1CC1. The maximum Gasteiger partial charge on any atom is 0.390 e. The second-order valence-electron chi connectivity index (χ2n) is 2.82. The monoisotopic (exact) mass is 153 g/mol. The van der Waals surface area contributed by atoms with Crippen LogP contribution in [0.25, 0.3) is 0 Å². The molecule has 0 aromatic heterocycles. The quantitative estimate of drug-likeness (QED) is 0.641. The molecule has 1 saturated carbocycles. The maximum atomic E-state index is 11.6. The highest BCUT2D eigenvalue weighted by atomic mass is 19.4. The Hall–Kier alpha value is -0.250. The van der Waals surface area contributed by atoms with Crippen LogP contribution in [-0.4, -0.2) is 12.2 Å². The minimum Gasteiger partial charge on any atom is -0.327 e. The summed E-state index contributed by atoms with van der Waals surface area (Å²) in [5.41, 5.74) is 5.25. The molecule has 10 heavy (non-hydrogen) atoms. The lowest BCUT2D eigenvalue weighted by atomic mass is 10.1. The van der Waals surface area contributed by atoms with E-state index in [-0.39, 0.29) is 5.92 Å². The van der Waals surface area contributed by atoms with Crippen molar-refractivity contribution in [2.45, 2.75) is 31.5 Å². The number of nitrogens with two attached hydrogens (primary N) is 1. The highest BCUT2D eigenvalue weighted by molar-refractivity contribution is 4.85. The molecule has 0 bridgehead atoms. The molecule has 1 nitrogen and oxygen atoms in total. The van der Waals surface area contributed by atoms with Crippen LogP contribution in [0.4, 0.5) is 13.2 Å². The number of halogens is 3. The zero-order chi connectivity index (χ0) is 7.78. The lowest BCUT2D eigenvalue weighted by Crippen LogP contribution is -2.29. The first-order valence-corrected chi connectivity index (χ1v) is 3.31. The molecule has 2 N–H and O–H groups in total. The number of rotatable bonds is 2. The van der Waals surface area contributed by atoms with E-state index >= 15 is 0 Å². The van der Waals surface area contributed by atoms with Crippen LogP contribution < -0.4 is 5.73 Å². The van der Waals surface area contributed by atoms with Crippen molar-refractivity contribution < 1.29 is 13.2 Å². The highest BCUT2D eigenvalue weighted by Crippen LogP contribution is 2.36. The van der Waals surface area contributed by atoms with Gasteiger partial charge >= 0.3 is 6.18 Å².